The van der Waals surface area contributed by atoms with Gasteiger partial charge >= 0.3 is 5.97 Å². The summed E-state index contributed by atoms with van der Waals surface area (Å²) in [6, 6.07) is 9.65. The Labute approximate surface area is 116 Å². The van der Waals surface area contributed by atoms with E-state index in [1.165, 1.54) is 7.11 Å². The largest absolute Gasteiger partial charge is 0.467 e. The minimum Gasteiger partial charge on any atom is -0.467 e. The molecule has 1 unspecified atom stereocenters. The Hall–Kier alpha value is -2.63. The van der Waals surface area contributed by atoms with Crippen molar-refractivity contribution in [1.82, 2.24) is 15.5 Å². The van der Waals surface area contributed by atoms with Crippen LogP contribution in [-0.4, -0.2) is 29.2 Å². The zero-order valence-corrected chi connectivity index (χ0v) is 11.2. The number of hydrogen-bond acceptors (Lipinski definition) is 4. The maximum Gasteiger partial charge on any atom is 0.333 e. The molecule has 6 heteroatoms. The van der Waals surface area contributed by atoms with Gasteiger partial charge in [-0.05, 0) is 18.6 Å². The van der Waals surface area contributed by atoms with Gasteiger partial charge in [-0.25, -0.2) is 4.79 Å². The van der Waals surface area contributed by atoms with Crippen LogP contribution in [0.2, 0.25) is 0 Å². The topological polar surface area (TPSA) is 84.1 Å². The van der Waals surface area contributed by atoms with E-state index < -0.39 is 17.9 Å². The molecule has 0 fully saturated rings. The number of hydrogen-bond donors (Lipinski definition) is 2. The average Bonchev–Trinajstić information content (AvgIpc) is 2.91. The second-order valence-electron chi connectivity index (χ2n) is 4.28. The highest BCUT2D eigenvalue weighted by molar-refractivity contribution is 5.95. The van der Waals surface area contributed by atoms with Crippen molar-refractivity contribution in [3.05, 3.63) is 53.3 Å². The summed E-state index contributed by atoms with van der Waals surface area (Å²) in [5.74, 6) is -0.967. The molecule has 1 aromatic carbocycles. The standard InChI is InChI=1S/C14H15N3O3/c1-9-8-11(17-16-9)13(18)15-12(14(19)20-2)10-6-4-3-5-7-10/h3-8,12H,1-2H3,(H,15,18)(H,16,17). The van der Waals surface area contributed by atoms with Crippen LogP contribution in [0.4, 0.5) is 0 Å². The summed E-state index contributed by atoms with van der Waals surface area (Å²) < 4.78 is 4.73. The van der Waals surface area contributed by atoms with Crippen LogP contribution in [0.3, 0.4) is 0 Å². The molecule has 6 nitrogen and oxygen atoms in total. The van der Waals surface area contributed by atoms with E-state index in [2.05, 4.69) is 15.5 Å². The summed E-state index contributed by atoms with van der Waals surface area (Å²) in [5, 5.41) is 9.15. The van der Waals surface area contributed by atoms with Crippen LogP contribution in [-0.2, 0) is 9.53 Å². The smallest absolute Gasteiger partial charge is 0.333 e. The lowest BCUT2D eigenvalue weighted by molar-refractivity contribution is -0.143. The maximum atomic E-state index is 12.1. The summed E-state index contributed by atoms with van der Waals surface area (Å²) >= 11 is 0. The molecule has 20 heavy (non-hydrogen) atoms. The number of methoxy groups -OCH3 is 1. The number of ether oxygens (including phenoxy) is 1. The van der Waals surface area contributed by atoms with Crippen molar-refractivity contribution in [2.24, 2.45) is 0 Å². The Bertz CT molecular complexity index is 607. The summed E-state index contributed by atoms with van der Waals surface area (Å²) in [6.07, 6.45) is 0. The van der Waals surface area contributed by atoms with Crippen molar-refractivity contribution >= 4 is 11.9 Å². The highest BCUT2D eigenvalue weighted by Gasteiger charge is 2.24. The van der Waals surface area contributed by atoms with Crippen LogP contribution in [0.15, 0.2) is 36.4 Å². The fraction of sp³-hybridized carbons (Fsp3) is 0.214. The molecule has 0 radical (unpaired) electrons. The fourth-order valence-corrected chi connectivity index (χ4v) is 1.78. The number of carbonyl (C=O) groups excluding carboxylic acids is 2. The van der Waals surface area contributed by atoms with E-state index in [4.69, 9.17) is 4.74 Å². The van der Waals surface area contributed by atoms with Crippen LogP contribution >= 0.6 is 0 Å². The van der Waals surface area contributed by atoms with Crippen LogP contribution in [0.1, 0.15) is 27.8 Å². The van der Waals surface area contributed by atoms with Crippen LogP contribution in [0.25, 0.3) is 0 Å². The van der Waals surface area contributed by atoms with Gasteiger partial charge in [0.2, 0.25) is 0 Å². The summed E-state index contributed by atoms with van der Waals surface area (Å²) in [5.41, 5.74) is 1.65. The SMILES string of the molecule is COC(=O)C(NC(=O)c1cc(C)[nH]n1)c1ccccc1. The third-order valence-electron chi connectivity index (χ3n) is 2.78. The lowest BCUT2D eigenvalue weighted by Crippen LogP contribution is -2.34. The Morgan fingerprint density at radius 1 is 1.30 bits per heavy atom. The van der Waals surface area contributed by atoms with Crippen molar-refractivity contribution < 1.29 is 14.3 Å². The minimum absolute atomic E-state index is 0.229. The molecule has 0 aliphatic heterocycles. The van der Waals surface area contributed by atoms with Crippen LogP contribution in [0.5, 0.6) is 0 Å². The quantitative estimate of drug-likeness (QED) is 0.824. The number of benzene rings is 1. The summed E-state index contributed by atoms with van der Waals surface area (Å²) in [6.45, 7) is 1.79. The van der Waals surface area contributed by atoms with E-state index >= 15 is 0 Å². The highest BCUT2D eigenvalue weighted by Crippen LogP contribution is 2.15. The number of nitrogens with zero attached hydrogens (tertiary/aromatic N) is 1. The molecule has 0 aliphatic rings. The number of H-pyrrole nitrogens is 1. The van der Waals surface area contributed by atoms with Gasteiger partial charge in [0.1, 0.15) is 5.69 Å². The molecule has 2 rings (SSSR count). The summed E-state index contributed by atoms with van der Waals surface area (Å²) in [7, 11) is 1.28. The normalized spacial score (nSPS) is 11.7. The molecular formula is C14H15N3O3. The summed E-state index contributed by atoms with van der Waals surface area (Å²) in [4.78, 5) is 23.9. The molecule has 0 spiro atoms. The van der Waals surface area contributed by atoms with Gasteiger partial charge in [0.25, 0.3) is 5.91 Å². The van der Waals surface area contributed by atoms with E-state index in [9.17, 15) is 9.59 Å². The Morgan fingerprint density at radius 2 is 2.00 bits per heavy atom. The predicted molar refractivity (Wildman–Crippen MR) is 72.0 cm³/mol. The Kier molecular flexibility index (Phi) is 4.14. The molecule has 1 atom stereocenters. The number of amides is 1. The van der Waals surface area contributed by atoms with Crippen molar-refractivity contribution in [3.8, 4) is 0 Å². The predicted octanol–water partition coefficient (Wildman–Crippen LogP) is 1.36. The molecule has 0 bridgehead atoms. The van der Waals surface area contributed by atoms with Crippen molar-refractivity contribution in [3.63, 3.8) is 0 Å². The number of aromatic nitrogens is 2. The average molecular weight is 273 g/mol. The van der Waals surface area contributed by atoms with Crippen molar-refractivity contribution in [2.45, 2.75) is 13.0 Å². The van der Waals surface area contributed by atoms with E-state index in [1.54, 1.807) is 37.3 Å². The second-order valence-corrected chi connectivity index (χ2v) is 4.28. The molecule has 0 aliphatic carbocycles. The first-order chi connectivity index (χ1) is 9.61. The molecule has 1 heterocycles. The van der Waals surface area contributed by atoms with Gasteiger partial charge in [0.15, 0.2) is 6.04 Å². The van der Waals surface area contributed by atoms with Gasteiger partial charge < -0.3 is 10.1 Å². The van der Waals surface area contributed by atoms with Gasteiger partial charge in [0.05, 0.1) is 7.11 Å². The van der Waals surface area contributed by atoms with Gasteiger partial charge in [-0.2, -0.15) is 5.10 Å². The molecule has 1 aromatic heterocycles. The van der Waals surface area contributed by atoms with Crippen LogP contribution < -0.4 is 5.32 Å². The maximum absolute atomic E-state index is 12.1. The van der Waals surface area contributed by atoms with Crippen LogP contribution in [0, 0.1) is 6.92 Å². The number of nitrogens with one attached hydrogen (secondary N) is 2. The first-order valence-electron chi connectivity index (χ1n) is 6.07. The molecule has 2 aromatic rings. The zero-order chi connectivity index (χ0) is 14.5. The van der Waals surface area contributed by atoms with Gasteiger partial charge in [-0.3, -0.25) is 9.89 Å². The number of esters is 1. The number of carbonyl (C=O) groups is 2. The number of rotatable bonds is 4. The lowest BCUT2D eigenvalue weighted by Gasteiger charge is -2.16. The van der Waals surface area contributed by atoms with Gasteiger partial charge in [-0.1, -0.05) is 30.3 Å². The highest BCUT2D eigenvalue weighted by atomic mass is 16.5. The van der Waals surface area contributed by atoms with E-state index in [1.807, 2.05) is 6.07 Å². The number of aryl methyl sites for hydroxylation is 1. The molecular weight excluding hydrogens is 258 g/mol. The minimum atomic E-state index is -0.856. The Morgan fingerprint density at radius 3 is 2.55 bits per heavy atom. The first-order valence-corrected chi connectivity index (χ1v) is 6.07. The number of aromatic amines is 1. The zero-order valence-electron chi connectivity index (χ0n) is 11.2. The molecule has 2 N–H and O–H groups in total. The monoisotopic (exact) mass is 273 g/mol. The van der Waals surface area contributed by atoms with E-state index in [0.717, 1.165) is 5.69 Å². The second kappa shape index (κ2) is 6.01. The molecule has 104 valence electrons. The van der Waals surface area contributed by atoms with Crippen molar-refractivity contribution in [1.29, 1.82) is 0 Å². The molecule has 0 saturated heterocycles. The third-order valence-corrected chi connectivity index (χ3v) is 2.78. The van der Waals surface area contributed by atoms with Gasteiger partial charge in [-0.15, -0.1) is 0 Å². The molecule has 0 saturated carbocycles. The van der Waals surface area contributed by atoms with Gasteiger partial charge in [0, 0.05) is 5.69 Å². The Balaban J connectivity index is 2.21. The molecule has 1 amide bonds. The van der Waals surface area contributed by atoms with E-state index in [0.29, 0.717) is 5.56 Å². The third kappa shape index (κ3) is 3.03. The fourth-order valence-electron chi connectivity index (χ4n) is 1.78. The van der Waals surface area contributed by atoms with Crippen molar-refractivity contribution in [2.75, 3.05) is 7.11 Å². The lowest BCUT2D eigenvalue weighted by atomic mass is 10.1. The first kappa shape index (κ1) is 13.8. The van der Waals surface area contributed by atoms with E-state index in [-0.39, 0.29) is 5.69 Å².